The molecule has 1 heterocycles. The molecule has 0 saturated carbocycles. The van der Waals surface area contributed by atoms with Crippen LogP contribution in [0.5, 0.6) is 0 Å². The largest absolute Gasteiger partial charge is 0.349 e. The number of carbonyl (C=O) groups is 1. The molecule has 1 rings (SSSR count). The first-order valence-corrected chi connectivity index (χ1v) is 6.57. The number of nitrogens with one attached hydrogen (secondary N) is 2. The quantitative estimate of drug-likeness (QED) is 0.775. The van der Waals surface area contributed by atoms with Gasteiger partial charge in [0, 0.05) is 12.1 Å². The van der Waals surface area contributed by atoms with Crippen molar-refractivity contribution in [3.05, 3.63) is 11.8 Å². The molecule has 0 aliphatic carbocycles. The minimum atomic E-state index is -4.85. The summed E-state index contributed by atoms with van der Waals surface area (Å²) in [6.45, 7) is 3.83. The van der Waals surface area contributed by atoms with Gasteiger partial charge in [0.25, 0.3) is 5.91 Å². The first kappa shape index (κ1) is 13.6. The summed E-state index contributed by atoms with van der Waals surface area (Å²) in [4.78, 5) is 11.6. The fourth-order valence-corrected chi connectivity index (χ4v) is 1.70. The Hall–Kier alpha value is -1.44. The maximum atomic E-state index is 12.6. The van der Waals surface area contributed by atoms with Crippen molar-refractivity contribution in [2.24, 2.45) is 0 Å². The summed E-state index contributed by atoms with van der Waals surface area (Å²) < 4.78 is 33.6. The van der Waals surface area contributed by atoms with Gasteiger partial charge in [-0.05, 0) is 12.8 Å². The molecule has 1 aromatic rings. The third-order valence-electron chi connectivity index (χ3n) is 2.37. The molecule has 0 fully saturated rings. The maximum Gasteiger partial charge on any atom is 0.349 e. The molecule has 0 aromatic carbocycles. The molecule has 2 N–H and O–H groups in total. The van der Waals surface area contributed by atoms with Gasteiger partial charge in [0.2, 0.25) is 0 Å². The van der Waals surface area contributed by atoms with Crippen LogP contribution in [0, 0.1) is 0 Å². The number of hydrogen-bond acceptors (Lipinski definition) is 4. The number of nitrogens with zero attached hydrogens (tertiary/aromatic N) is 1. The highest BCUT2D eigenvalue weighted by atomic mass is 32.3. The van der Waals surface area contributed by atoms with E-state index in [1.807, 2.05) is 18.9 Å². The minimum absolute atomic E-state index is 0.00960. The monoisotopic (exact) mass is 263 g/mol. The van der Waals surface area contributed by atoms with E-state index < -0.39 is 21.2 Å². The summed E-state index contributed by atoms with van der Waals surface area (Å²) in [6.07, 6.45) is 1.50. The van der Waals surface area contributed by atoms with Crippen LogP contribution in [0.4, 0.5) is 3.89 Å². The fourth-order valence-electron chi connectivity index (χ4n) is 1.30. The van der Waals surface area contributed by atoms with E-state index in [1.54, 1.807) is 0 Å². The molecule has 6 nitrogen and oxygen atoms in total. The van der Waals surface area contributed by atoms with Crippen molar-refractivity contribution in [2.75, 3.05) is 0 Å². The Balaban J connectivity index is 2.81. The second-order valence-corrected chi connectivity index (χ2v) is 4.86. The average Bonchev–Trinajstić information content (AvgIpc) is 2.74. The van der Waals surface area contributed by atoms with Crippen molar-refractivity contribution < 1.29 is 17.1 Å². The summed E-state index contributed by atoms with van der Waals surface area (Å²) in [6, 6.07) is 0.859. The summed E-state index contributed by atoms with van der Waals surface area (Å²) in [5.74, 6) is -0.523. The normalized spacial score (nSPS) is 11.8. The van der Waals surface area contributed by atoms with Gasteiger partial charge in [-0.15, -0.1) is 0 Å². The van der Waals surface area contributed by atoms with Gasteiger partial charge in [-0.2, -0.15) is 13.5 Å². The summed E-state index contributed by atoms with van der Waals surface area (Å²) in [7, 11) is -4.85. The topological polar surface area (TPSA) is 91.9 Å². The molecule has 0 radical (unpaired) electrons. The second kappa shape index (κ2) is 5.26. The smallest absolute Gasteiger partial charge is 0.348 e. The lowest BCUT2D eigenvalue weighted by Gasteiger charge is -2.12. The van der Waals surface area contributed by atoms with Crippen molar-refractivity contribution in [2.45, 2.75) is 37.8 Å². The average molecular weight is 263 g/mol. The first-order chi connectivity index (χ1) is 7.88. The third-order valence-corrected chi connectivity index (χ3v) is 3.10. The van der Waals surface area contributed by atoms with Crippen LogP contribution in [0.1, 0.15) is 37.2 Å². The van der Waals surface area contributed by atoms with E-state index in [-0.39, 0.29) is 11.7 Å². The molecule has 0 aliphatic heterocycles. The lowest BCUT2D eigenvalue weighted by molar-refractivity contribution is 0.0929. The number of aromatic nitrogens is 2. The van der Waals surface area contributed by atoms with E-state index in [4.69, 9.17) is 0 Å². The van der Waals surface area contributed by atoms with E-state index in [0.717, 1.165) is 18.9 Å². The molecular formula is C9H14FN3O3S. The Bertz CT molecular complexity index is 493. The van der Waals surface area contributed by atoms with Gasteiger partial charge in [0.15, 0.2) is 10.7 Å². The van der Waals surface area contributed by atoms with Gasteiger partial charge >= 0.3 is 10.2 Å². The van der Waals surface area contributed by atoms with Crippen LogP contribution in [-0.2, 0) is 10.2 Å². The lowest BCUT2D eigenvalue weighted by atomic mass is 10.1. The van der Waals surface area contributed by atoms with Crippen molar-refractivity contribution in [1.82, 2.24) is 15.5 Å². The van der Waals surface area contributed by atoms with Gasteiger partial charge in [-0.1, -0.05) is 17.7 Å². The van der Waals surface area contributed by atoms with E-state index >= 15 is 0 Å². The number of halogens is 1. The SMILES string of the molecule is CCC(CC)NC(=O)c1cc(S(=O)(=O)F)[nH]n1. The van der Waals surface area contributed by atoms with E-state index in [9.17, 15) is 17.1 Å². The van der Waals surface area contributed by atoms with Crippen LogP contribution in [0.25, 0.3) is 0 Å². The molecule has 0 unspecified atom stereocenters. The van der Waals surface area contributed by atoms with Gasteiger partial charge in [0.1, 0.15) is 0 Å². The number of hydrogen-bond donors (Lipinski definition) is 2. The highest BCUT2D eigenvalue weighted by molar-refractivity contribution is 7.86. The second-order valence-electron chi connectivity index (χ2n) is 3.54. The summed E-state index contributed by atoms with van der Waals surface area (Å²) in [5.41, 5.74) is -0.145. The highest BCUT2D eigenvalue weighted by Gasteiger charge is 2.19. The van der Waals surface area contributed by atoms with Gasteiger partial charge in [0.05, 0.1) is 0 Å². The lowest BCUT2D eigenvalue weighted by Crippen LogP contribution is -2.34. The van der Waals surface area contributed by atoms with Crippen LogP contribution in [0.2, 0.25) is 0 Å². The molecule has 0 aliphatic rings. The number of amides is 1. The molecule has 96 valence electrons. The Kier molecular flexibility index (Phi) is 4.22. The Morgan fingerprint density at radius 1 is 1.53 bits per heavy atom. The van der Waals surface area contributed by atoms with Gasteiger partial charge < -0.3 is 5.32 Å². The maximum absolute atomic E-state index is 12.6. The van der Waals surface area contributed by atoms with Crippen LogP contribution < -0.4 is 5.32 Å². The molecule has 0 atom stereocenters. The summed E-state index contributed by atoms with van der Waals surface area (Å²) >= 11 is 0. The highest BCUT2D eigenvalue weighted by Crippen LogP contribution is 2.10. The predicted octanol–water partition coefficient (Wildman–Crippen LogP) is 0.986. The predicted molar refractivity (Wildman–Crippen MR) is 58.7 cm³/mol. The van der Waals surface area contributed by atoms with Gasteiger partial charge in [-0.3, -0.25) is 9.89 Å². The Morgan fingerprint density at radius 3 is 2.53 bits per heavy atom. The Labute approximate surface area is 98.8 Å². The zero-order valence-electron chi connectivity index (χ0n) is 9.53. The van der Waals surface area contributed by atoms with Crippen molar-refractivity contribution in [3.63, 3.8) is 0 Å². The number of H-pyrrole nitrogens is 1. The zero-order valence-corrected chi connectivity index (χ0v) is 10.3. The summed E-state index contributed by atoms with van der Waals surface area (Å²) in [5, 5.41) is 7.35. The third kappa shape index (κ3) is 3.52. The van der Waals surface area contributed by atoms with E-state index in [1.165, 1.54) is 0 Å². The van der Waals surface area contributed by atoms with Crippen LogP contribution in [-0.4, -0.2) is 30.6 Å². The fraction of sp³-hybridized carbons (Fsp3) is 0.556. The van der Waals surface area contributed by atoms with Crippen molar-refractivity contribution in [1.29, 1.82) is 0 Å². The minimum Gasteiger partial charge on any atom is -0.348 e. The van der Waals surface area contributed by atoms with Crippen LogP contribution in [0.15, 0.2) is 11.1 Å². The number of aromatic amines is 1. The van der Waals surface area contributed by atoms with E-state index in [2.05, 4.69) is 10.4 Å². The standard InChI is InChI=1S/C9H14FN3O3S/c1-3-6(4-2)11-9(14)7-5-8(13-12-7)17(10,15)16/h5-6H,3-4H2,1-2H3,(H,11,14)(H,12,13). The Morgan fingerprint density at radius 2 is 2.12 bits per heavy atom. The molecule has 0 saturated heterocycles. The van der Waals surface area contributed by atoms with Crippen molar-refractivity contribution >= 4 is 16.1 Å². The molecule has 1 aromatic heterocycles. The molecule has 8 heteroatoms. The van der Waals surface area contributed by atoms with Crippen LogP contribution in [0.3, 0.4) is 0 Å². The molecule has 17 heavy (non-hydrogen) atoms. The zero-order chi connectivity index (χ0) is 13.1. The van der Waals surface area contributed by atoms with E-state index in [0.29, 0.717) is 0 Å². The number of rotatable bonds is 5. The van der Waals surface area contributed by atoms with Crippen molar-refractivity contribution in [3.8, 4) is 0 Å². The van der Waals surface area contributed by atoms with Gasteiger partial charge in [-0.25, -0.2) is 0 Å². The molecular weight excluding hydrogens is 249 g/mol. The first-order valence-electron chi connectivity index (χ1n) is 5.19. The molecule has 1 amide bonds. The molecule has 0 bridgehead atoms. The molecule has 0 spiro atoms. The number of carbonyl (C=O) groups excluding carboxylic acids is 1. The van der Waals surface area contributed by atoms with Crippen LogP contribution >= 0.6 is 0 Å².